The smallest absolute Gasteiger partial charge is 0.320 e. The van der Waals surface area contributed by atoms with Crippen molar-refractivity contribution >= 4 is 8.25 Å². The van der Waals surface area contributed by atoms with Crippen LogP contribution in [0, 0.1) is 0 Å². The SMILES string of the molecule is CCCCCCCCNC.O=[P+](O)O. The van der Waals surface area contributed by atoms with Crippen LogP contribution in [0.15, 0.2) is 0 Å². The van der Waals surface area contributed by atoms with Gasteiger partial charge in [-0.15, -0.1) is 9.79 Å². The van der Waals surface area contributed by atoms with Crippen LogP contribution >= 0.6 is 8.25 Å². The maximum Gasteiger partial charge on any atom is 0.692 e. The van der Waals surface area contributed by atoms with Gasteiger partial charge in [0, 0.05) is 4.57 Å². The summed E-state index contributed by atoms with van der Waals surface area (Å²) in [6, 6.07) is 0. The van der Waals surface area contributed by atoms with Crippen molar-refractivity contribution in [1.82, 2.24) is 5.32 Å². The second kappa shape index (κ2) is 15.5. The van der Waals surface area contributed by atoms with Crippen LogP contribution < -0.4 is 5.32 Å². The number of rotatable bonds is 7. The maximum atomic E-state index is 8.70. The maximum absolute atomic E-state index is 8.70. The molecule has 86 valence electrons. The summed E-state index contributed by atoms with van der Waals surface area (Å²) in [5.41, 5.74) is 0. The van der Waals surface area contributed by atoms with Gasteiger partial charge in [0.05, 0.1) is 0 Å². The van der Waals surface area contributed by atoms with Crippen LogP contribution in [-0.2, 0) is 4.57 Å². The highest BCUT2D eigenvalue weighted by molar-refractivity contribution is 7.30. The first kappa shape index (κ1) is 16.4. The molecule has 0 atom stereocenters. The van der Waals surface area contributed by atoms with Crippen molar-refractivity contribution in [1.29, 1.82) is 0 Å². The Morgan fingerprint density at radius 1 is 1.07 bits per heavy atom. The van der Waals surface area contributed by atoms with Crippen LogP contribution in [0.1, 0.15) is 45.4 Å². The van der Waals surface area contributed by atoms with Gasteiger partial charge in [0.15, 0.2) is 0 Å². The minimum atomic E-state index is -2.87. The van der Waals surface area contributed by atoms with E-state index in [0.717, 1.165) is 0 Å². The van der Waals surface area contributed by atoms with Gasteiger partial charge in [-0.2, -0.15) is 0 Å². The van der Waals surface area contributed by atoms with E-state index in [1.165, 1.54) is 45.1 Å². The zero-order chi connectivity index (χ0) is 11.2. The molecular weight excluding hydrogens is 201 g/mol. The highest BCUT2D eigenvalue weighted by atomic mass is 31.1. The standard InChI is InChI=1S/C9H21N.HO3P/c1-3-4-5-6-7-8-9-10-2;1-4(2)3/h10H,3-9H2,1-2H3;(H-,1,2,3)/p+1. The van der Waals surface area contributed by atoms with Crippen LogP contribution in [0.4, 0.5) is 0 Å². The molecule has 0 aromatic heterocycles. The molecule has 0 rings (SSSR count). The lowest BCUT2D eigenvalue weighted by Crippen LogP contribution is -2.06. The Bertz CT molecular complexity index is 111. The second-order valence-corrected chi connectivity index (χ2v) is 3.63. The van der Waals surface area contributed by atoms with Crippen molar-refractivity contribution in [3.63, 3.8) is 0 Å². The van der Waals surface area contributed by atoms with E-state index in [1.807, 2.05) is 7.05 Å². The summed E-state index contributed by atoms with van der Waals surface area (Å²) in [6.07, 6.45) is 8.38. The van der Waals surface area contributed by atoms with Crippen LogP contribution in [0.5, 0.6) is 0 Å². The van der Waals surface area contributed by atoms with Gasteiger partial charge in [0.25, 0.3) is 0 Å². The molecule has 3 N–H and O–H groups in total. The molecule has 0 bridgehead atoms. The molecule has 0 saturated carbocycles. The summed E-state index contributed by atoms with van der Waals surface area (Å²) in [7, 11) is -0.850. The monoisotopic (exact) mass is 224 g/mol. The molecule has 0 aromatic carbocycles. The Labute approximate surface area is 87.7 Å². The van der Waals surface area contributed by atoms with Crippen LogP contribution in [0.2, 0.25) is 0 Å². The van der Waals surface area contributed by atoms with Crippen molar-refractivity contribution in [2.45, 2.75) is 45.4 Å². The Morgan fingerprint density at radius 3 is 1.93 bits per heavy atom. The zero-order valence-corrected chi connectivity index (χ0v) is 10.1. The summed E-state index contributed by atoms with van der Waals surface area (Å²) in [5.74, 6) is 0. The summed E-state index contributed by atoms with van der Waals surface area (Å²) in [5, 5.41) is 3.16. The van der Waals surface area contributed by atoms with E-state index in [0.29, 0.717) is 0 Å². The molecule has 0 aliphatic carbocycles. The molecule has 14 heavy (non-hydrogen) atoms. The molecule has 0 amide bonds. The minimum Gasteiger partial charge on any atom is -0.320 e. The lowest BCUT2D eigenvalue weighted by atomic mass is 10.1. The normalized spacial score (nSPS) is 9.14. The largest absolute Gasteiger partial charge is 0.692 e. The van der Waals surface area contributed by atoms with Gasteiger partial charge < -0.3 is 5.32 Å². The van der Waals surface area contributed by atoms with Gasteiger partial charge >= 0.3 is 8.25 Å². The summed E-state index contributed by atoms with van der Waals surface area (Å²) in [6.45, 7) is 3.44. The Kier molecular flexibility index (Phi) is 18.1. The van der Waals surface area contributed by atoms with Crippen molar-refractivity contribution < 1.29 is 14.4 Å². The first-order valence-corrected chi connectivity index (χ1v) is 6.31. The second-order valence-electron chi connectivity index (χ2n) is 3.12. The van der Waals surface area contributed by atoms with E-state index in [-0.39, 0.29) is 0 Å². The first-order chi connectivity index (χ1) is 6.65. The van der Waals surface area contributed by atoms with Gasteiger partial charge in [-0.05, 0) is 20.0 Å². The molecule has 0 unspecified atom stereocenters. The molecule has 0 spiro atoms. The number of hydrogen-bond acceptors (Lipinski definition) is 2. The Morgan fingerprint density at radius 2 is 1.50 bits per heavy atom. The molecule has 0 aliphatic heterocycles. The van der Waals surface area contributed by atoms with Gasteiger partial charge in [-0.25, -0.2) is 0 Å². The fourth-order valence-electron chi connectivity index (χ4n) is 1.08. The van der Waals surface area contributed by atoms with Crippen molar-refractivity contribution in [3.05, 3.63) is 0 Å². The fourth-order valence-corrected chi connectivity index (χ4v) is 1.08. The molecule has 0 aromatic rings. The van der Waals surface area contributed by atoms with E-state index in [9.17, 15) is 0 Å². The van der Waals surface area contributed by atoms with Crippen LogP contribution in [-0.4, -0.2) is 23.4 Å². The van der Waals surface area contributed by atoms with E-state index >= 15 is 0 Å². The molecule has 0 fully saturated rings. The molecule has 4 nitrogen and oxygen atoms in total. The van der Waals surface area contributed by atoms with Crippen molar-refractivity contribution in [2.75, 3.05) is 13.6 Å². The molecule has 0 radical (unpaired) electrons. The lowest BCUT2D eigenvalue weighted by molar-refractivity contribution is 0.405. The van der Waals surface area contributed by atoms with Crippen LogP contribution in [0.3, 0.4) is 0 Å². The van der Waals surface area contributed by atoms with Gasteiger partial charge in [0.2, 0.25) is 0 Å². The van der Waals surface area contributed by atoms with Gasteiger partial charge in [-0.3, -0.25) is 0 Å². The minimum absolute atomic E-state index is 1.19. The first-order valence-electron chi connectivity index (χ1n) is 5.14. The summed E-state index contributed by atoms with van der Waals surface area (Å²) >= 11 is 0. The third-order valence-electron chi connectivity index (χ3n) is 1.78. The summed E-state index contributed by atoms with van der Waals surface area (Å²) < 4.78 is 8.70. The summed E-state index contributed by atoms with van der Waals surface area (Å²) in [4.78, 5) is 14.2. The third-order valence-corrected chi connectivity index (χ3v) is 1.78. The fraction of sp³-hybridized carbons (Fsp3) is 1.00. The highest BCUT2D eigenvalue weighted by Crippen LogP contribution is 2.03. The Hall–Kier alpha value is -0.0200. The topological polar surface area (TPSA) is 69.6 Å². The lowest BCUT2D eigenvalue weighted by Gasteiger charge is -1.98. The quantitative estimate of drug-likeness (QED) is 0.458. The van der Waals surface area contributed by atoms with E-state index in [4.69, 9.17) is 14.4 Å². The van der Waals surface area contributed by atoms with E-state index in [2.05, 4.69) is 12.2 Å². The van der Waals surface area contributed by atoms with E-state index < -0.39 is 8.25 Å². The number of hydrogen-bond donors (Lipinski definition) is 3. The average molecular weight is 224 g/mol. The molecule has 0 saturated heterocycles. The number of unbranched alkanes of at least 4 members (excludes halogenated alkanes) is 5. The Balaban J connectivity index is 0. The third kappa shape index (κ3) is 29.6. The predicted molar refractivity (Wildman–Crippen MR) is 59.3 cm³/mol. The molecule has 5 heteroatoms. The van der Waals surface area contributed by atoms with E-state index in [1.54, 1.807) is 0 Å². The molecule has 0 heterocycles. The highest BCUT2D eigenvalue weighted by Gasteiger charge is 1.93. The van der Waals surface area contributed by atoms with Crippen molar-refractivity contribution in [3.8, 4) is 0 Å². The zero-order valence-electron chi connectivity index (χ0n) is 9.20. The number of nitrogens with one attached hydrogen (secondary N) is 1. The predicted octanol–water partition coefficient (Wildman–Crippen LogP) is 2.19. The molecule has 0 aliphatic rings. The van der Waals surface area contributed by atoms with Crippen LogP contribution in [0.25, 0.3) is 0 Å². The van der Waals surface area contributed by atoms with Crippen molar-refractivity contribution in [2.24, 2.45) is 0 Å². The van der Waals surface area contributed by atoms with Gasteiger partial charge in [-0.1, -0.05) is 39.0 Å². The van der Waals surface area contributed by atoms with Gasteiger partial charge in [0.1, 0.15) is 0 Å². The average Bonchev–Trinajstić information content (AvgIpc) is 2.10. The molecular formula is C9H23NO3P+.